The van der Waals surface area contributed by atoms with Crippen LogP contribution in [0.15, 0.2) is 24.5 Å². The average Bonchev–Trinajstić information content (AvgIpc) is 2.63. The molecule has 0 aromatic carbocycles. The molecule has 0 aliphatic rings. The molecule has 2 aromatic rings. The third-order valence-electron chi connectivity index (χ3n) is 2.43. The molecule has 0 aliphatic heterocycles. The van der Waals surface area contributed by atoms with Gasteiger partial charge < -0.3 is 14.9 Å². The van der Waals surface area contributed by atoms with Gasteiger partial charge in [-0.1, -0.05) is 0 Å². The largest absolute Gasteiger partial charge is 0.492 e. The van der Waals surface area contributed by atoms with E-state index in [4.69, 9.17) is 10.5 Å². The summed E-state index contributed by atoms with van der Waals surface area (Å²) in [6, 6.07) is 3.32. The molecule has 2 heterocycles. The summed E-state index contributed by atoms with van der Waals surface area (Å²) in [7, 11) is 1.47. The minimum absolute atomic E-state index is 0.283. The second-order valence-electron chi connectivity index (χ2n) is 3.33. The minimum atomic E-state index is -0.345. The van der Waals surface area contributed by atoms with Crippen LogP contribution in [0.25, 0.3) is 5.52 Å². The van der Waals surface area contributed by atoms with Gasteiger partial charge in [-0.3, -0.25) is 0 Å². The molecule has 0 radical (unpaired) electrons. The summed E-state index contributed by atoms with van der Waals surface area (Å²) < 4.78 is 20.4. The van der Waals surface area contributed by atoms with Gasteiger partial charge in [0, 0.05) is 12.4 Å². The maximum Gasteiger partial charge on any atom is 0.178 e. The molecular formula is C11H13FN2O. The van der Waals surface area contributed by atoms with E-state index >= 15 is 0 Å². The van der Waals surface area contributed by atoms with Crippen LogP contribution in [0.5, 0.6) is 5.75 Å². The average molecular weight is 208 g/mol. The first-order valence-electron chi connectivity index (χ1n) is 4.80. The minimum Gasteiger partial charge on any atom is -0.492 e. The van der Waals surface area contributed by atoms with Crippen molar-refractivity contribution < 1.29 is 9.13 Å². The third kappa shape index (κ3) is 1.57. The molecule has 0 aliphatic carbocycles. The Hall–Kier alpha value is -1.55. The van der Waals surface area contributed by atoms with Gasteiger partial charge in [0.2, 0.25) is 0 Å². The number of ether oxygens (including phenoxy) is 1. The van der Waals surface area contributed by atoms with E-state index in [0.717, 1.165) is 17.5 Å². The monoisotopic (exact) mass is 208 g/mol. The fourth-order valence-electron chi connectivity index (χ4n) is 1.76. The number of nitrogens with zero attached hydrogens (tertiary/aromatic N) is 1. The van der Waals surface area contributed by atoms with Gasteiger partial charge in [0.15, 0.2) is 11.6 Å². The van der Waals surface area contributed by atoms with E-state index in [2.05, 4.69) is 0 Å². The molecule has 15 heavy (non-hydrogen) atoms. The molecule has 0 saturated carbocycles. The molecule has 4 heteroatoms. The Bertz CT molecular complexity index is 479. The summed E-state index contributed by atoms with van der Waals surface area (Å²) in [5.74, 6) is -0.0621. The Morgan fingerprint density at radius 2 is 2.13 bits per heavy atom. The lowest BCUT2D eigenvalue weighted by molar-refractivity contribution is 0.389. The molecule has 0 amide bonds. The van der Waals surface area contributed by atoms with Crippen molar-refractivity contribution in [2.75, 3.05) is 13.7 Å². The summed E-state index contributed by atoms with van der Waals surface area (Å²) in [6.45, 7) is 0.541. The van der Waals surface area contributed by atoms with Crippen molar-refractivity contribution in [1.82, 2.24) is 4.40 Å². The Kier molecular flexibility index (Phi) is 2.60. The van der Waals surface area contributed by atoms with Crippen molar-refractivity contribution in [3.63, 3.8) is 0 Å². The van der Waals surface area contributed by atoms with Crippen molar-refractivity contribution in [2.24, 2.45) is 5.73 Å². The first-order valence-corrected chi connectivity index (χ1v) is 4.80. The summed E-state index contributed by atoms with van der Waals surface area (Å²) in [6.07, 6.45) is 4.27. The second-order valence-corrected chi connectivity index (χ2v) is 3.33. The van der Waals surface area contributed by atoms with E-state index in [9.17, 15) is 4.39 Å². The predicted molar refractivity (Wildman–Crippen MR) is 56.7 cm³/mol. The van der Waals surface area contributed by atoms with Crippen LogP contribution in [-0.4, -0.2) is 18.1 Å². The molecule has 0 fully saturated rings. The number of aromatic nitrogens is 1. The second kappa shape index (κ2) is 3.90. The molecule has 3 nitrogen and oxygen atoms in total. The van der Waals surface area contributed by atoms with E-state index in [1.54, 1.807) is 6.20 Å². The topological polar surface area (TPSA) is 39.7 Å². The van der Waals surface area contributed by atoms with Crippen molar-refractivity contribution in [3.8, 4) is 5.75 Å². The van der Waals surface area contributed by atoms with Crippen molar-refractivity contribution in [2.45, 2.75) is 6.42 Å². The zero-order valence-electron chi connectivity index (χ0n) is 8.53. The molecule has 0 saturated heterocycles. The van der Waals surface area contributed by atoms with Crippen LogP contribution in [0.1, 0.15) is 5.56 Å². The van der Waals surface area contributed by atoms with Crippen LogP contribution < -0.4 is 10.5 Å². The van der Waals surface area contributed by atoms with Gasteiger partial charge >= 0.3 is 0 Å². The molecule has 0 spiro atoms. The first-order chi connectivity index (χ1) is 7.27. The molecule has 80 valence electrons. The van der Waals surface area contributed by atoms with E-state index < -0.39 is 0 Å². The summed E-state index contributed by atoms with van der Waals surface area (Å²) in [5.41, 5.74) is 7.27. The number of nitrogens with two attached hydrogens (primary N) is 1. The lowest BCUT2D eigenvalue weighted by Crippen LogP contribution is -2.03. The van der Waals surface area contributed by atoms with Gasteiger partial charge in [0.1, 0.15) is 0 Å². The fourth-order valence-corrected chi connectivity index (χ4v) is 1.76. The highest BCUT2D eigenvalue weighted by Crippen LogP contribution is 2.27. The summed E-state index contributed by atoms with van der Waals surface area (Å²) in [5, 5.41) is 0. The summed E-state index contributed by atoms with van der Waals surface area (Å²) in [4.78, 5) is 0. The molecule has 2 rings (SSSR count). The lowest BCUT2D eigenvalue weighted by atomic mass is 10.2. The summed E-state index contributed by atoms with van der Waals surface area (Å²) >= 11 is 0. The van der Waals surface area contributed by atoms with Gasteiger partial charge in [-0.15, -0.1) is 0 Å². The van der Waals surface area contributed by atoms with Gasteiger partial charge in [-0.05, 0) is 30.7 Å². The predicted octanol–water partition coefficient (Wildman–Crippen LogP) is 1.59. The quantitative estimate of drug-likeness (QED) is 0.832. The Balaban J connectivity index is 2.69. The number of pyridine rings is 1. The van der Waals surface area contributed by atoms with Crippen LogP contribution in [0.4, 0.5) is 4.39 Å². The standard InChI is InChI=1S/C11H13FN2O/c1-15-11-9(12)4-7-14-6-3-8(2-5-13)10(11)14/h3-4,6-7H,2,5,13H2,1H3. The maximum atomic E-state index is 13.4. The van der Waals surface area contributed by atoms with Crippen LogP contribution in [0.3, 0.4) is 0 Å². The van der Waals surface area contributed by atoms with Gasteiger partial charge in [0.25, 0.3) is 0 Å². The SMILES string of the molecule is COc1c(F)ccn2ccc(CCN)c12. The number of rotatable bonds is 3. The number of hydrogen-bond acceptors (Lipinski definition) is 2. The first kappa shape index (κ1) is 9.98. The highest BCUT2D eigenvalue weighted by Gasteiger charge is 2.12. The van der Waals surface area contributed by atoms with Crippen molar-refractivity contribution >= 4 is 5.52 Å². The molecular weight excluding hydrogens is 195 g/mol. The van der Waals surface area contributed by atoms with Gasteiger partial charge in [0.05, 0.1) is 12.6 Å². The highest BCUT2D eigenvalue weighted by molar-refractivity contribution is 5.66. The Morgan fingerprint density at radius 1 is 1.40 bits per heavy atom. The Labute approximate surface area is 87.3 Å². The smallest absolute Gasteiger partial charge is 0.178 e. The van der Waals surface area contributed by atoms with Crippen LogP contribution in [-0.2, 0) is 6.42 Å². The fraction of sp³-hybridized carbons (Fsp3) is 0.273. The normalized spacial score (nSPS) is 10.9. The molecule has 0 bridgehead atoms. The number of methoxy groups -OCH3 is 1. The maximum absolute atomic E-state index is 13.4. The Morgan fingerprint density at radius 3 is 2.80 bits per heavy atom. The molecule has 0 atom stereocenters. The number of fused-ring (bicyclic) bond motifs is 1. The zero-order chi connectivity index (χ0) is 10.8. The molecule has 2 aromatic heterocycles. The molecule has 0 unspecified atom stereocenters. The lowest BCUT2D eigenvalue weighted by Gasteiger charge is -2.06. The number of hydrogen-bond donors (Lipinski definition) is 1. The van der Waals surface area contributed by atoms with E-state index in [-0.39, 0.29) is 11.6 Å². The van der Waals surface area contributed by atoms with Gasteiger partial charge in [-0.2, -0.15) is 0 Å². The highest BCUT2D eigenvalue weighted by atomic mass is 19.1. The van der Waals surface area contributed by atoms with Crippen molar-refractivity contribution in [1.29, 1.82) is 0 Å². The third-order valence-corrected chi connectivity index (χ3v) is 2.43. The van der Waals surface area contributed by atoms with Crippen molar-refractivity contribution in [3.05, 3.63) is 35.9 Å². The van der Waals surface area contributed by atoms with Crippen LogP contribution >= 0.6 is 0 Å². The van der Waals surface area contributed by atoms with Gasteiger partial charge in [-0.25, -0.2) is 4.39 Å². The van der Waals surface area contributed by atoms with E-state index in [1.807, 2.05) is 16.7 Å². The van der Waals surface area contributed by atoms with E-state index in [0.29, 0.717) is 6.54 Å². The van der Waals surface area contributed by atoms with Crippen LogP contribution in [0, 0.1) is 5.82 Å². The molecule has 2 N–H and O–H groups in total. The number of halogens is 1. The van der Waals surface area contributed by atoms with E-state index in [1.165, 1.54) is 13.2 Å². The zero-order valence-corrected chi connectivity index (χ0v) is 8.53. The van der Waals surface area contributed by atoms with Crippen LogP contribution in [0.2, 0.25) is 0 Å².